The minimum absolute atomic E-state index is 0.0450. The maximum absolute atomic E-state index is 12.3. The lowest BCUT2D eigenvalue weighted by molar-refractivity contribution is -0.122. The van der Waals surface area contributed by atoms with E-state index in [1.54, 1.807) is 12.1 Å². The number of hydrogen-bond donors (Lipinski definition) is 3. The summed E-state index contributed by atoms with van der Waals surface area (Å²) in [5.74, 6) is 0.558. The molecule has 1 aromatic carbocycles. The highest BCUT2D eigenvalue weighted by Crippen LogP contribution is 2.33. The van der Waals surface area contributed by atoms with Crippen molar-refractivity contribution < 1.29 is 13.2 Å². The van der Waals surface area contributed by atoms with Crippen molar-refractivity contribution in [2.45, 2.75) is 49.1 Å². The summed E-state index contributed by atoms with van der Waals surface area (Å²) in [5, 5.41) is 6.60. The summed E-state index contributed by atoms with van der Waals surface area (Å²) < 4.78 is 26.8. The monoisotopic (exact) mass is 385 g/mol. The highest BCUT2D eigenvalue weighted by molar-refractivity contribution is 7.89. The van der Waals surface area contributed by atoms with Crippen LogP contribution in [0.2, 0.25) is 5.02 Å². The van der Waals surface area contributed by atoms with Crippen LogP contribution in [0, 0.1) is 5.92 Å². The van der Waals surface area contributed by atoms with Gasteiger partial charge in [0.05, 0.1) is 10.9 Å². The molecular formula is C17H24ClN3O3S. The van der Waals surface area contributed by atoms with Crippen molar-refractivity contribution in [1.29, 1.82) is 0 Å². The van der Waals surface area contributed by atoms with E-state index in [1.807, 2.05) is 0 Å². The number of sulfonamides is 1. The zero-order valence-corrected chi connectivity index (χ0v) is 15.6. The van der Waals surface area contributed by atoms with Crippen LogP contribution in [0.5, 0.6) is 0 Å². The lowest BCUT2D eigenvalue weighted by Gasteiger charge is -2.24. The zero-order valence-electron chi connectivity index (χ0n) is 14.0. The van der Waals surface area contributed by atoms with Gasteiger partial charge in [-0.05, 0) is 43.4 Å². The van der Waals surface area contributed by atoms with Gasteiger partial charge in [0.15, 0.2) is 0 Å². The maximum Gasteiger partial charge on any atom is 0.240 e. The Bertz CT molecular complexity index is 712. The van der Waals surface area contributed by atoms with Gasteiger partial charge in [-0.3, -0.25) is 4.79 Å². The Balaban J connectivity index is 1.43. The number of rotatable bonds is 6. The largest absolute Gasteiger partial charge is 0.353 e. The summed E-state index contributed by atoms with van der Waals surface area (Å²) in [6.07, 6.45) is 5.70. The summed E-state index contributed by atoms with van der Waals surface area (Å²) in [4.78, 5) is 12.4. The molecule has 138 valence electrons. The quantitative estimate of drug-likeness (QED) is 0.650. The molecule has 1 heterocycles. The second kappa shape index (κ2) is 8.03. The first-order valence-electron chi connectivity index (χ1n) is 8.75. The number of benzene rings is 1. The molecule has 3 unspecified atom stereocenters. The van der Waals surface area contributed by atoms with Crippen LogP contribution < -0.4 is 15.4 Å². The van der Waals surface area contributed by atoms with Crippen molar-refractivity contribution in [3.05, 3.63) is 29.3 Å². The molecule has 0 bridgehead atoms. The first kappa shape index (κ1) is 18.6. The Kier molecular flexibility index (Phi) is 5.99. The molecule has 1 aliphatic carbocycles. The maximum atomic E-state index is 12.3. The van der Waals surface area contributed by atoms with Gasteiger partial charge in [-0.25, -0.2) is 13.1 Å². The fourth-order valence-corrected chi connectivity index (χ4v) is 5.07. The van der Waals surface area contributed by atoms with Crippen molar-refractivity contribution in [1.82, 2.24) is 15.4 Å². The van der Waals surface area contributed by atoms with Gasteiger partial charge in [-0.15, -0.1) is 0 Å². The van der Waals surface area contributed by atoms with E-state index in [2.05, 4.69) is 15.4 Å². The molecule has 8 heteroatoms. The summed E-state index contributed by atoms with van der Waals surface area (Å²) in [5.41, 5.74) is 0. The number of nitrogens with one attached hydrogen (secondary N) is 3. The van der Waals surface area contributed by atoms with E-state index in [9.17, 15) is 13.2 Å². The average molecular weight is 386 g/mol. The van der Waals surface area contributed by atoms with Crippen molar-refractivity contribution >= 4 is 27.5 Å². The smallest absolute Gasteiger partial charge is 0.240 e. The molecule has 1 aliphatic heterocycles. The third-order valence-electron chi connectivity index (χ3n) is 5.00. The van der Waals surface area contributed by atoms with Crippen LogP contribution in [0.4, 0.5) is 0 Å². The normalized spacial score (nSPS) is 26.2. The summed E-state index contributed by atoms with van der Waals surface area (Å²) in [6, 6.07) is 6.39. The Hall–Kier alpha value is -1.15. The lowest BCUT2D eigenvalue weighted by atomic mass is 9.85. The van der Waals surface area contributed by atoms with Gasteiger partial charge in [0, 0.05) is 24.2 Å². The van der Waals surface area contributed by atoms with E-state index in [1.165, 1.54) is 31.4 Å². The van der Waals surface area contributed by atoms with Crippen LogP contribution in [0.25, 0.3) is 0 Å². The number of amides is 1. The second-order valence-corrected chi connectivity index (χ2v) is 8.96. The van der Waals surface area contributed by atoms with Gasteiger partial charge in [0.1, 0.15) is 0 Å². The minimum Gasteiger partial charge on any atom is -0.353 e. The Morgan fingerprint density at radius 2 is 2.04 bits per heavy atom. The fourth-order valence-electron chi connectivity index (χ4n) is 3.73. The van der Waals surface area contributed by atoms with Gasteiger partial charge >= 0.3 is 0 Å². The average Bonchev–Trinajstić information content (AvgIpc) is 3.03. The van der Waals surface area contributed by atoms with Crippen molar-refractivity contribution in [3.8, 4) is 0 Å². The molecule has 1 saturated carbocycles. The first-order valence-corrected chi connectivity index (χ1v) is 10.6. The standard InChI is InChI=1S/C17H24ClN3O3S/c18-13-5-3-6-14(11-13)25(23,24)20-9-8-19-17(22)16-10-12-4-1-2-7-15(12)21-16/h3,5-6,11-12,15-16,20-21H,1-2,4,7-10H2,(H,19,22). The number of carbonyl (C=O) groups excluding carboxylic acids is 1. The summed E-state index contributed by atoms with van der Waals surface area (Å²) in [7, 11) is -3.62. The SMILES string of the molecule is O=C(NCCNS(=O)(=O)c1cccc(Cl)c1)C1CC2CCCCC2N1. The van der Waals surface area contributed by atoms with Crippen LogP contribution >= 0.6 is 11.6 Å². The van der Waals surface area contributed by atoms with Crippen LogP contribution in [0.3, 0.4) is 0 Å². The van der Waals surface area contributed by atoms with Crippen molar-refractivity contribution in [2.24, 2.45) is 5.92 Å². The molecule has 2 aliphatic rings. The Morgan fingerprint density at radius 3 is 2.80 bits per heavy atom. The third kappa shape index (κ3) is 4.73. The molecule has 3 atom stereocenters. The highest BCUT2D eigenvalue weighted by Gasteiger charge is 2.37. The predicted molar refractivity (Wildman–Crippen MR) is 96.9 cm³/mol. The zero-order chi connectivity index (χ0) is 17.9. The number of fused-ring (bicyclic) bond motifs is 1. The van der Waals surface area contributed by atoms with Crippen LogP contribution in [0.1, 0.15) is 32.1 Å². The molecule has 3 N–H and O–H groups in total. The van der Waals surface area contributed by atoms with Crippen molar-refractivity contribution in [2.75, 3.05) is 13.1 Å². The highest BCUT2D eigenvalue weighted by atomic mass is 35.5. The number of halogens is 1. The Labute approximate surface area is 153 Å². The molecule has 0 spiro atoms. The molecule has 1 saturated heterocycles. The molecule has 2 fully saturated rings. The van der Waals surface area contributed by atoms with Gasteiger partial charge in [0.25, 0.3) is 0 Å². The van der Waals surface area contributed by atoms with Crippen molar-refractivity contribution in [3.63, 3.8) is 0 Å². The molecule has 0 aromatic heterocycles. The first-order chi connectivity index (χ1) is 12.0. The fraction of sp³-hybridized carbons (Fsp3) is 0.588. The van der Waals surface area contributed by atoms with Gasteiger partial charge in [-0.2, -0.15) is 0 Å². The van der Waals surface area contributed by atoms with Crippen LogP contribution in [0.15, 0.2) is 29.2 Å². The third-order valence-corrected chi connectivity index (χ3v) is 6.70. The van der Waals surface area contributed by atoms with Gasteiger partial charge < -0.3 is 10.6 Å². The molecular weight excluding hydrogens is 362 g/mol. The van der Waals surface area contributed by atoms with E-state index in [0.29, 0.717) is 17.0 Å². The minimum atomic E-state index is -3.62. The van der Waals surface area contributed by atoms with E-state index < -0.39 is 10.0 Å². The van der Waals surface area contributed by atoms with E-state index in [4.69, 9.17) is 11.6 Å². The molecule has 0 radical (unpaired) electrons. The summed E-state index contributed by atoms with van der Waals surface area (Å²) >= 11 is 5.82. The Morgan fingerprint density at radius 1 is 1.24 bits per heavy atom. The molecule has 1 amide bonds. The molecule has 3 rings (SSSR count). The lowest BCUT2D eigenvalue weighted by Crippen LogP contribution is -2.45. The van der Waals surface area contributed by atoms with E-state index >= 15 is 0 Å². The molecule has 25 heavy (non-hydrogen) atoms. The topological polar surface area (TPSA) is 87.3 Å². The van der Waals surface area contributed by atoms with Crippen LogP contribution in [-0.2, 0) is 14.8 Å². The van der Waals surface area contributed by atoms with Crippen LogP contribution in [-0.4, -0.2) is 39.5 Å². The van der Waals surface area contributed by atoms with E-state index in [-0.39, 0.29) is 29.9 Å². The van der Waals surface area contributed by atoms with E-state index in [0.717, 1.165) is 12.8 Å². The molecule has 1 aromatic rings. The number of hydrogen-bond acceptors (Lipinski definition) is 4. The summed E-state index contributed by atoms with van der Waals surface area (Å²) in [6.45, 7) is 0.395. The predicted octanol–water partition coefficient (Wildman–Crippen LogP) is 1.66. The van der Waals surface area contributed by atoms with Gasteiger partial charge in [0.2, 0.25) is 15.9 Å². The van der Waals surface area contributed by atoms with Gasteiger partial charge in [-0.1, -0.05) is 30.5 Å². The second-order valence-electron chi connectivity index (χ2n) is 6.75. The molecule has 6 nitrogen and oxygen atoms in total. The number of carbonyl (C=O) groups is 1.